The van der Waals surface area contributed by atoms with Crippen LogP contribution in [-0.4, -0.2) is 35.9 Å². The van der Waals surface area contributed by atoms with Crippen LogP contribution in [-0.2, 0) is 11.3 Å². The van der Waals surface area contributed by atoms with Crippen LogP contribution in [0.25, 0.3) is 11.4 Å². The average Bonchev–Trinajstić information content (AvgIpc) is 3.10. The lowest BCUT2D eigenvalue weighted by atomic mass is 10.2. The molecule has 6 nitrogen and oxygen atoms in total. The molecule has 1 atom stereocenters. The lowest BCUT2D eigenvalue weighted by molar-refractivity contribution is -0.886. The summed E-state index contributed by atoms with van der Waals surface area (Å²) in [6.45, 7) is 0.750. The van der Waals surface area contributed by atoms with E-state index in [4.69, 9.17) is 16.1 Å². The van der Waals surface area contributed by atoms with Crippen LogP contribution in [0.15, 0.2) is 57.9 Å². The summed E-state index contributed by atoms with van der Waals surface area (Å²) in [7, 11) is 1.91. The smallest absolute Gasteiger partial charge is 0.282 e. The van der Waals surface area contributed by atoms with Crippen molar-refractivity contribution in [2.24, 2.45) is 0 Å². The Morgan fingerprint density at radius 3 is 2.70 bits per heavy atom. The Labute approximate surface area is 166 Å². The molecule has 0 saturated carbocycles. The van der Waals surface area contributed by atoms with Crippen LogP contribution in [0.1, 0.15) is 5.89 Å². The molecule has 0 fully saturated rings. The van der Waals surface area contributed by atoms with Gasteiger partial charge in [-0.05, 0) is 42.7 Å². The monoisotopic (exact) mass is 403 g/mol. The Balaban J connectivity index is 1.57. The van der Waals surface area contributed by atoms with Crippen molar-refractivity contribution in [2.75, 3.05) is 25.2 Å². The van der Waals surface area contributed by atoms with E-state index in [2.05, 4.69) is 15.5 Å². The largest absolute Gasteiger partial charge is 0.333 e. The number of aromatic nitrogens is 2. The first-order valence-electron chi connectivity index (χ1n) is 8.38. The molecule has 2 N–H and O–H groups in total. The molecule has 140 valence electrons. The Morgan fingerprint density at radius 2 is 1.96 bits per heavy atom. The van der Waals surface area contributed by atoms with Gasteiger partial charge in [-0.2, -0.15) is 4.98 Å². The van der Waals surface area contributed by atoms with Gasteiger partial charge in [-0.25, -0.2) is 0 Å². The topological polar surface area (TPSA) is 72.5 Å². The summed E-state index contributed by atoms with van der Waals surface area (Å²) >= 11 is 7.49. The highest BCUT2D eigenvalue weighted by molar-refractivity contribution is 7.98. The van der Waals surface area contributed by atoms with E-state index in [0.29, 0.717) is 29.8 Å². The van der Waals surface area contributed by atoms with Gasteiger partial charge in [0, 0.05) is 15.5 Å². The minimum Gasteiger partial charge on any atom is -0.333 e. The number of carbonyl (C=O) groups is 1. The fourth-order valence-corrected chi connectivity index (χ4v) is 3.26. The predicted molar refractivity (Wildman–Crippen MR) is 107 cm³/mol. The molecular weight excluding hydrogens is 384 g/mol. The Bertz CT molecular complexity index is 914. The highest BCUT2D eigenvalue weighted by atomic mass is 35.5. The van der Waals surface area contributed by atoms with E-state index in [1.165, 1.54) is 0 Å². The van der Waals surface area contributed by atoms with E-state index < -0.39 is 0 Å². The van der Waals surface area contributed by atoms with Crippen LogP contribution in [0.3, 0.4) is 0 Å². The van der Waals surface area contributed by atoms with E-state index in [9.17, 15) is 4.79 Å². The number of anilines is 1. The second kappa shape index (κ2) is 9.03. The number of rotatable bonds is 7. The molecule has 1 unspecified atom stereocenters. The van der Waals surface area contributed by atoms with Gasteiger partial charge in [-0.15, -0.1) is 11.8 Å². The molecule has 0 aliphatic heterocycles. The van der Waals surface area contributed by atoms with Crippen LogP contribution in [0.2, 0.25) is 5.02 Å². The third kappa shape index (κ3) is 5.32. The van der Waals surface area contributed by atoms with Gasteiger partial charge < -0.3 is 14.7 Å². The summed E-state index contributed by atoms with van der Waals surface area (Å²) in [6, 6.07) is 15.0. The van der Waals surface area contributed by atoms with Gasteiger partial charge in [0.05, 0.1) is 12.7 Å². The molecule has 0 bridgehead atoms. The minimum absolute atomic E-state index is 0.0635. The highest BCUT2D eigenvalue weighted by Crippen LogP contribution is 2.24. The second-order valence-electron chi connectivity index (χ2n) is 6.08. The maximum absolute atomic E-state index is 12.3. The summed E-state index contributed by atoms with van der Waals surface area (Å²) in [5.74, 6) is 0.925. The predicted octanol–water partition coefficient (Wildman–Crippen LogP) is 2.77. The number of nitrogens with zero attached hydrogens (tertiary/aromatic N) is 2. The summed E-state index contributed by atoms with van der Waals surface area (Å²) < 4.78 is 5.31. The first kappa shape index (κ1) is 19.4. The molecular formula is C19H20ClN4O2S+. The molecule has 0 saturated heterocycles. The van der Waals surface area contributed by atoms with Gasteiger partial charge in [0.1, 0.15) is 0 Å². The number of para-hydroxylation sites is 1. The number of hydrogen-bond donors (Lipinski definition) is 2. The molecule has 0 spiro atoms. The Hall–Kier alpha value is -2.35. The lowest BCUT2D eigenvalue weighted by Crippen LogP contribution is -3.08. The molecule has 0 aliphatic carbocycles. The standard InChI is InChI=1S/C19H19ClN4O2S/c1-24(11-17(25)21-15-5-3-4-6-16(15)27-2)12-18-22-19(23-26-18)13-7-9-14(20)10-8-13/h3-10H,11-12H2,1-2H3,(H,21,25)/p+1. The molecule has 1 aromatic heterocycles. The second-order valence-corrected chi connectivity index (χ2v) is 7.36. The minimum atomic E-state index is -0.0635. The van der Waals surface area contributed by atoms with Crippen LogP contribution in [0.4, 0.5) is 5.69 Å². The SMILES string of the molecule is CSc1ccccc1NC(=O)C[NH+](C)Cc1nc(-c2ccc(Cl)cc2)no1. The third-order valence-electron chi connectivity index (χ3n) is 3.87. The van der Waals surface area contributed by atoms with Gasteiger partial charge in [0.25, 0.3) is 11.8 Å². The van der Waals surface area contributed by atoms with Crippen molar-refractivity contribution >= 4 is 35.0 Å². The molecule has 3 rings (SSSR count). The summed E-state index contributed by atoms with van der Waals surface area (Å²) in [5.41, 5.74) is 1.66. The number of likely N-dealkylation sites (N-methyl/N-ethyl adjacent to an activating group) is 1. The van der Waals surface area contributed by atoms with E-state index in [1.54, 1.807) is 23.9 Å². The first-order valence-corrected chi connectivity index (χ1v) is 9.98. The van der Waals surface area contributed by atoms with Crippen molar-refractivity contribution in [1.82, 2.24) is 10.1 Å². The maximum Gasteiger partial charge on any atom is 0.282 e. The van der Waals surface area contributed by atoms with Gasteiger partial charge in [-0.1, -0.05) is 28.9 Å². The molecule has 8 heteroatoms. The number of amides is 1. The highest BCUT2D eigenvalue weighted by Gasteiger charge is 2.16. The molecule has 1 amide bonds. The van der Waals surface area contributed by atoms with Gasteiger partial charge in [-0.3, -0.25) is 4.79 Å². The van der Waals surface area contributed by atoms with Gasteiger partial charge >= 0.3 is 0 Å². The molecule has 0 radical (unpaired) electrons. The number of halogens is 1. The van der Waals surface area contributed by atoms with Crippen molar-refractivity contribution < 1.29 is 14.2 Å². The van der Waals surface area contributed by atoms with Crippen molar-refractivity contribution in [3.05, 3.63) is 59.4 Å². The van der Waals surface area contributed by atoms with E-state index in [1.807, 2.05) is 49.7 Å². The van der Waals surface area contributed by atoms with Crippen LogP contribution in [0.5, 0.6) is 0 Å². The fraction of sp³-hybridized carbons (Fsp3) is 0.211. The normalized spacial score (nSPS) is 12.0. The summed E-state index contributed by atoms with van der Waals surface area (Å²) in [5, 5.41) is 7.60. The summed E-state index contributed by atoms with van der Waals surface area (Å²) in [4.78, 5) is 18.7. The van der Waals surface area contributed by atoms with Crippen LogP contribution in [0, 0.1) is 0 Å². The fourth-order valence-electron chi connectivity index (χ4n) is 2.58. The quantitative estimate of drug-likeness (QED) is 0.593. The number of quaternary nitrogens is 1. The summed E-state index contributed by atoms with van der Waals surface area (Å²) in [6.07, 6.45) is 1.98. The molecule has 1 heterocycles. The van der Waals surface area contributed by atoms with E-state index in [-0.39, 0.29) is 5.91 Å². The Kier molecular flexibility index (Phi) is 6.49. The van der Waals surface area contributed by atoms with Gasteiger partial charge in [0.2, 0.25) is 5.82 Å². The van der Waals surface area contributed by atoms with E-state index >= 15 is 0 Å². The lowest BCUT2D eigenvalue weighted by Gasteiger charge is -2.13. The van der Waals surface area contributed by atoms with Crippen molar-refractivity contribution in [3.8, 4) is 11.4 Å². The van der Waals surface area contributed by atoms with Crippen LogP contribution < -0.4 is 10.2 Å². The Morgan fingerprint density at radius 1 is 1.22 bits per heavy atom. The molecule has 27 heavy (non-hydrogen) atoms. The third-order valence-corrected chi connectivity index (χ3v) is 4.91. The average molecular weight is 404 g/mol. The first-order chi connectivity index (χ1) is 13.0. The zero-order valence-electron chi connectivity index (χ0n) is 15.0. The molecule has 3 aromatic rings. The zero-order chi connectivity index (χ0) is 19.2. The number of nitrogens with one attached hydrogen (secondary N) is 2. The number of thioether (sulfide) groups is 1. The van der Waals surface area contributed by atoms with Crippen molar-refractivity contribution in [3.63, 3.8) is 0 Å². The van der Waals surface area contributed by atoms with Crippen molar-refractivity contribution in [2.45, 2.75) is 11.4 Å². The number of carbonyl (C=O) groups excluding carboxylic acids is 1. The maximum atomic E-state index is 12.3. The van der Waals surface area contributed by atoms with Gasteiger partial charge in [0.15, 0.2) is 13.1 Å². The zero-order valence-corrected chi connectivity index (χ0v) is 16.6. The molecule has 2 aromatic carbocycles. The number of hydrogen-bond acceptors (Lipinski definition) is 5. The van der Waals surface area contributed by atoms with E-state index in [0.717, 1.165) is 21.0 Å². The molecule has 0 aliphatic rings. The van der Waals surface area contributed by atoms with Crippen LogP contribution >= 0.6 is 23.4 Å². The van der Waals surface area contributed by atoms with Crippen molar-refractivity contribution in [1.29, 1.82) is 0 Å². The number of benzene rings is 2.